The standard InChI is InChI=1S/C21H32N6O.CH4S/c1-2-3-8-17-26-19-15-10-9-14(7-5-4-6-11-24-18(28)13-22)12-16(15)25-21(23)20(19)27-17;1-2/h9-10,12,17,26-27H,2-8,11,13,22H2,1H3,(H2,23,25)(H,24,28);2H,1H3. The summed E-state index contributed by atoms with van der Waals surface area (Å²) in [5.74, 6) is 0.465. The summed E-state index contributed by atoms with van der Waals surface area (Å²) in [6.07, 6.45) is 9.42. The normalized spacial score (nSPS) is 14.3. The third kappa shape index (κ3) is 6.40. The Morgan fingerprint density at radius 3 is 2.67 bits per heavy atom. The van der Waals surface area contributed by atoms with Crippen LogP contribution in [0.4, 0.5) is 17.2 Å². The molecule has 1 aromatic heterocycles. The molecule has 0 bridgehead atoms. The number of nitrogens with one attached hydrogen (secondary N) is 3. The Hall–Kier alpha value is -2.19. The van der Waals surface area contributed by atoms with Gasteiger partial charge in [-0.2, -0.15) is 12.6 Å². The minimum atomic E-state index is -0.0919. The predicted octanol–water partition coefficient (Wildman–Crippen LogP) is 3.50. The smallest absolute Gasteiger partial charge is 0.233 e. The van der Waals surface area contributed by atoms with Crippen LogP contribution in [0.15, 0.2) is 18.2 Å². The Bertz CT molecular complexity index is 829. The molecule has 2 heterocycles. The molecule has 0 radical (unpaired) electrons. The number of anilines is 3. The third-order valence-corrected chi connectivity index (χ3v) is 5.21. The van der Waals surface area contributed by atoms with E-state index in [-0.39, 0.29) is 18.6 Å². The van der Waals surface area contributed by atoms with Crippen LogP contribution in [-0.2, 0) is 11.2 Å². The van der Waals surface area contributed by atoms with E-state index in [1.165, 1.54) is 18.4 Å². The number of nitrogens with two attached hydrogens (primary N) is 2. The van der Waals surface area contributed by atoms with Crippen molar-refractivity contribution in [3.8, 4) is 0 Å². The van der Waals surface area contributed by atoms with Gasteiger partial charge in [-0.3, -0.25) is 4.79 Å². The lowest BCUT2D eigenvalue weighted by Crippen LogP contribution is -2.30. The van der Waals surface area contributed by atoms with Gasteiger partial charge in [-0.25, -0.2) is 4.98 Å². The molecule has 0 saturated heterocycles. The molecular weight excluding hydrogens is 396 g/mol. The first-order chi connectivity index (χ1) is 14.6. The van der Waals surface area contributed by atoms with Crippen LogP contribution in [0.3, 0.4) is 0 Å². The van der Waals surface area contributed by atoms with Crippen molar-refractivity contribution in [3.05, 3.63) is 23.8 Å². The van der Waals surface area contributed by atoms with Crippen molar-refractivity contribution in [2.45, 2.75) is 58.0 Å². The van der Waals surface area contributed by atoms with Crippen LogP contribution in [0.5, 0.6) is 0 Å². The first-order valence-corrected chi connectivity index (χ1v) is 11.7. The molecule has 1 aromatic carbocycles. The van der Waals surface area contributed by atoms with Gasteiger partial charge in [0.1, 0.15) is 11.5 Å². The molecule has 7 nitrogen and oxygen atoms in total. The van der Waals surface area contributed by atoms with Gasteiger partial charge < -0.3 is 27.4 Å². The van der Waals surface area contributed by atoms with Crippen LogP contribution in [0.25, 0.3) is 10.9 Å². The van der Waals surface area contributed by atoms with Crippen molar-refractivity contribution in [2.24, 2.45) is 5.73 Å². The lowest BCUT2D eigenvalue weighted by molar-refractivity contribution is -0.119. The maximum Gasteiger partial charge on any atom is 0.233 e. The Balaban J connectivity index is 0.00000155. The van der Waals surface area contributed by atoms with E-state index < -0.39 is 0 Å². The van der Waals surface area contributed by atoms with E-state index >= 15 is 0 Å². The quantitative estimate of drug-likeness (QED) is 0.253. The number of fused-ring (bicyclic) bond motifs is 3. The summed E-state index contributed by atoms with van der Waals surface area (Å²) in [6, 6.07) is 6.47. The number of nitrogens with zero attached hydrogens (tertiary/aromatic N) is 1. The average molecular weight is 433 g/mol. The van der Waals surface area contributed by atoms with Crippen LogP contribution in [0.2, 0.25) is 0 Å². The number of amides is 1. The van der Waals surface area contributed by atoms with Gasteiger partial charge in [0, 0.05) is 11.9 Å². The van der Waals surface area contributed by atoms with Crippen LogP contribution < -0.4 is 27.4 Å². The fourth-order valence-electron chi connectivity index (χ4n) is 3.65. The molecule has 0 saturated carbocycles. The molecule has 7 N–H and O–H groups in total. The highest BCUT2D eigenvalue weighted by atomic mass is 32.1. The number of aryl methyl sites for hydroxylation is 1. The summed E-state index contributed by atoms with van der Waals surface area (Å²) in [5, 5.41) is 11.0. The number of pyridine rings is 1. The van der Waals surface area contributed by atoms with Gasteiger partial charge in [-0.1, -0.05) is 31.9 Å². The summed E-state index contributed by atoms with van der Waals surface area (Å²) in [4.78, 5) is 15.7. The summed E-state index contributed by atoms with van der Waals surface area (Å²) in [6.45, 7) is 2.95. The lowest BCUT2D eigenvalue weighted by Gasteiger charge is -2.11. The minimum absolute atomic E-state index is 0.0562. The molecule has 1 atom stereocenters. The Morgan fingerprint density at radius 2 is 1.93 bits per heavy atom. The van der Waals surface area contributed by atoms with Gasteiger partial charge in [0.15, 0.2) is 0 Å². The summed E-state index contributed by atoms with van der Waals surface area (Å²) < 4.78 is 0. The number of nitrogen functional groups attached to an aromatic ring is 1. The number of unbranched alkanes of at least 4 members (excludes halogenated alkanes) is 3. The van der Waals surface area contributed by atoms with E-state index in [1.807, 2.05) is 0 Å². The van der Waals surface area contributed by atoms with Crippen LogP contribution >= 0.6 is 12.6 Å². The van der Waals surface area contributed by atoms with Crippen molar-refractivity contribution in [2.75, 3.05) is 35.7 Å². The second kappa shape index (κ2) is 12.5. The molecule has 1 aliphatic rings. The van der Waals surface area contributed by atoms with Gasteiger partial charge >= 0.3 is 0 Å². The molecule has 30 heavy (non-hydrogen) atoms. The van der Waals surface area contributed by atoms with Crippen molar-refractivity contribution >= 4 is 46.6 Å². The highest BCUT2D eigenvalue weighted by Crippen LogP contribution is 2.40. The topological polar surface area (TPSA) is 118 Å². The zero-order valence-corrected chi connectivity index (χ0v) is 19.0. The van der Waals surface area contributed by atoms with Crippen LogP contribution in [0.1, 0.15) is 51.0 Å². The summed E-state index contributed by atoms with van der Waals surface area (Å²) in [5.41, 5.74) is 15.7. The molecule has 3 rings (SSSR count). The van der Waals surface area contributed by atoms with Gasteiger partial charge in [0.05, 0.1) is 23.9 Å². The maximum absolute atomic E-state index is 11.1. The van der Waals surface area contributed by atoms with E-state index in [4.69, 9.17) is 11.5 Å². The second-order valence-corrected chi connectivity index (χ2v) is 7.45. The number of thiol groups is 1. The largest absolute Gasteiger partial charge is 0.382 e. The molecule has 1 unspecified atom stereocenters. The van der Waals surface area contributed by atoms with Crippen molar-refractivity contribution < 1.29 is 4.79 Å². The number of carbonyl (C=O) groups is 1. The van der Waals surface area contributed by atoms with Crippen LogP contribution in [-0.4, -0.2) is 36.4 Å². The molecule has 1 aliphatic heterocycles. The van der Waals surface area contributed by atoms with E-state index in [0.29, 0.717) is 12.4 Å². The molecule has 2 aromatic rings. The predicted molar refractivity (Wildman–Crippen MR) is 131 cm³/mol. The van der Waals surface area contributed by atoms with Crippen LogP contribution in [0, 0.1) is 0 Å². The number of carbonyl (C=O) groups excluding carboxylic acids is 1. The van der Waals surface area contributed by atoms with Gasteiger partial charge in [-0.15, -0.1) is 0 Å². The average Bonchev–Trinajstić information content (AvgIpc) is 3.21. The Kier molecular flexibility index (Phi) is 10.0. The summed E-state index contributed by atoms with van der Waals surface area (Å²) >= 11 is 3.53. The van der Waals surface area contributed by atoms with Gasteiger partial charge in [-0.05, 0) is 50.0 Å². The number of rotatable bonds is 10. The zero-order valence-electron chi connectivity index (χ0n) is 18.1. The van der Waals surface area contributed by atoms with Gasteiger partial charge in [0.25, 0.3) is 0 Å². The highest BCUT2D eigenvalue weighted by Gasteiger charge is 2.24. The van der Waals surface area contributed by atoms with E-state index in [9.17, 15) is 4.79 Å². The SMILES string of the molecule is CCCCC1Nc2c(N)nc3cc(CCCCCNC(=O)CN)ccc3c2N1.CS. The third-order valence-electron chi connectivity index (χ3n) is 5.21. The number of benzene rings is 1. The maximum atomic E-state index is 11.1. The minimum Gasteiger partial charge on any atom is -0.382 e. The fourth-order valence-corrected chi connectivity index (χ4v) is 3.65. The number of hydrogen-bond donors (Lipinski definition) is 6. The monoisotopic (exact) mass is 432 g/mol. The fraction of sp³-hybridized carbons (Fsp3) is 0.545. The van der Waals surface area contributed by atoms with E-state index in [0.717, 1.165) is 54.4 Å². The molecule has 0 spiro atoms. The first-order valence-electron chi connectivity index (χ1n) is 10.8. The second-order valence-electron chi connectivity index (χ2n) is 7.45. The summed E-state index contributed by atoms with van der Waals surface area (Å²) in [7, 11) is 0. The molecule has 166 valence electrons. The van der Waals surface area contributed by atoms with Gasteiger partial charge in [0.2, 0.25) is 5.91 Å². The van der Waals surface area contributed by atoms with E-state index in [1.54, 1.807) is 6.26 Å². The number of hydrogen-bond acceptors (Lipinski definition) is 7. The molecule has 1 amide bonds. The molecule has 8 heteroatoms. The first kappa shape index (κ1) is 24.1. The zero-order chi connectivity index (χ0) is 21.9. The van der Waals surface area contributed by atoms with E-state index in [2.05, 4.69) is 58.7 Å². The molecular formula is C22H36N6OS. The van der Waals surface area contributed by atoms with Crippen molar-refractivity contribution in [1.29, 1.82) is 0 Å². The van der Waals surface area contributed by atoms with Crippen molar-refractivity contribution in [1.82, 2.24) is 10.3 Å². The van der Waals surface area contributed by atoms with Crippen molar-refractivity contribution in [3.63, 3.8) is 0 Å². The molecule has 0 fully saturated rings. The molecule has 0 aliphatic carbocycles. The highest BCUT2D eigenvalue weighted by molar-refractivity contribution is 7.79. The lowest BCUT2D eigenvalue weighted by atomic mass is 10.0. The number of aromatic nitrogens is 1. The Morgan fingerprint density at radius 1 is 1.17 bits per heavy atom. The Labute approximate surface area is 185 Å².